The second-order valence-corrected chi connectivity index (χ2v) is 5.65. The number of fused-ring (bicyclic) bond motifs is 5. The molecule has 0 saturated carbocycles. The summed E-state index contributed by atoms with van der Waals surface area (Å²) in [5.41, 5.74) is 1.95. The van der Waals surface area contributed by atoms with Crippen molar-refractivity contribution in [1.82, 2.24) is 0 Å². The highest BCUT2D eigenvalue weighted by Crippen LogP contribution is 2.34. The molecule has 0 atom stereocenters. The van der Waals surface area contributed by atoms with Crippen LogP contribution in [-0.2, 0) is 0 Å². The predicted octanol–water partition coefficient (Wildman–Crippen LogP) is 5.34. The van der Waals surface area contributed by atoms with Crippen molar-refractivity contribution in [2.45, 2.75) is 0 Å². The van der Waals surface area contributed by atoms with Gasteiger partial charge in [0.25, 0.3) is 0 Å². The molecule has 0 aliphatic heterocycles. The number of hydrogen-bond donors (Lipinski definition) is 0. The lowest BCUT2D eigenvalue weighted by molar-refractivity contribution is 0.672. The van der Waals surface area contributed by atoms with Gasteiger partial charge in [-0.25, -0.2) is 0 Å². The van der Waals surface area contributed by atoms with Crippen molar-refractivity contribution in [2.24, 2.45) is 0 Å². The minimum Gasteiger partial charge on any atom is -0.455 e. The normalized spacial score (nSPS) is 11.6. The molecule has 0 N–H and O–H groups in total. The van der Waals surface area contributed by atoms with Crippen LogP contribution in [0.15, 0.2) is 59.0 Å². The van der Waals surface area contributed by atoms with Crippen LogP contribution in [0.1, 0.15) is 0 Å². The smallest absolute Gasteiger partial charge is 0.143 e. The number of hydrogen-bond acceptors (Lipinski definition) is 1. The van der Waals surface area contributed by atoms with Gasteiger partial charge >= 0.3 is 0 Å². The van der Waals surface area contributed by atoms with Crippen molar-refractivity contribution in [3.8, 4) is 0 Å². The molecule has 0 amide bonds. The Hall–Kier alpha value is -1.55. The van der Waals surface area contributed by atoms with Crippen LogP contribution in [-0.4, -0.2) is 0 Å². The lowest BCUT2D eigenvalue weighted by Crippen LogP contribution is -1.73. The van der Waals surface area contributed by atoms with Crippen molar-refractivity contribution < 1.29 is 4.42 Å². The van der Waals surface area contributed by atoms with Crippen LogP contribution in [0.25, 0.3) is 32.7 Å². The Labute approximate surface area is 118 Å². The quantitative estimate of drug-likeness (QED) is 0.392. The molecule has 1 heterocycles. The van der Waals surface area contributed by atoms with E-state index < -0.39 is 0 Å². The third-order valence-electron chi connectivity index (χ3n) is 3.32. The number of benzene rings is 3. The van der Waals surface area contributed by atoms with Crippen molar-refractivity contribution in [1.29, 1.82) is 0 Å². The van der Waals surface area contributed by atoms with Crippen molar-refractivity contribution in [2.75, 3.05) is 0 Å². The molecule has 1 aromatic heterocycles. The first-order chi connectivity index (χ1) is 8.83. The summed E-state index contributed by atoms with van der Waals surface area (Å²) in [6.45, 7) is 0. The van der Waals surface area contributed by atoms with Crippen LogP contribution < -0.4 is 0 Å². The molecular formula is C16H9IO. The van der Waals surface area contributed by atoms with Gasteiger partial charge in [0, 0.05) is 19.7 Å². The SMILES string of the molecule is Ic1ccc2oc3c4ccccc4ccc3c2c1. The fourth-order valence-electron chi connectivity index (χ4n) is 2.48. The molecule has 4 rings (SSSR count). The maximum atomic E-state index is 6.02. The Kier molecular flexibility index (Phi) is 2.14. The van der Waals surface area contributed by atoms with E-state index in [9.17, 15) is 0 Å². The van der Waals surface area contributed by atoms with Gasteiger partial charge in [0.1, 0.15) is 11.2 Å². The lowest BCUT2D eigenvalue weighted by atomic mass is 10.1. The molecule has 3 aromatic carbocycles. The first-order valence-corrected chi connectivity index (χ1v) is 6.90. The highest BCUT2D eigenvalue weighted by molar-refractivity contribution is 14.1. The van der Waals surface area contributed by atoms with Gasteiger partial charge in [0.05, 0.1) is 0 Å². The van der Waals surface area contributed by atoms with E-state index in [0.29, 0.717) is 0 Å². The van der Waals surface area contributed by atoms with Crippen LogP contribution in [0.2, 0.25) is 0 Å². The van der Waals surface area contributed by atoms with Gasteiger partial charge in [-0.2, -0.15) is 0 Å². The Morgan fingerprint density at radius 3 is 2.61 bits per heavy atom. The summed E-state index contributed by atoms with van der Waals surface area (Å²) in [6, 6.07) is 19.0. The molecule has 0 aliphatic carbocycles. The number of rotatable bonds is 0. The van der Waals surface area contributed by atoms with Crippen LogP contribution in [0.5, 0.6) is 0 Å². The molecule has 0 fully saturated rings. The standard InChI is InChI=1S/C16H9IO/c17-11-6-8-15-14(9-11)13-7-5-10-3-1-2-4-12(10)16(13)18-15/h1-9H. The fraction of sp³-hybridized carbons (Fsp3) is 0. The van der Waals surface area contributed by atoms with Crippen molar-refractivity contribution in [3.05, 3.63) is 58.2 Å². The van der Waals surface area contributed by atoms with Gasteiger partial charge in [0.2, 0.25) is 0 Å². The zero-order valence-electron chi connectivity index (χ0n) is 9.48. The topological polar surface area (TPSA) is 13.1 Å². The second kappa shape index (κ2) is 3.72. The Morgan fingerprint density at radius 2 is 1.67 bits per heavy atom. The van der Waals surface area contributed by atoms with E-state index >= 15 is 0 Å². The first-order valence-electron chi connectivity index (χ1n) is 5.82. The van der Waals surface area contributed by atoms with E-state index in [2.05, 4.69) is 71.1 Å². The van der Waals surface area contributed by atoms with Crippen molar-refractivity contribution in [3.63, 3.8) is 0 Å². The molecule has 0 unspecified atom stereocenters. The van der Waals surface area contributed by atoms with E-state index in [1.807, 2.05) is 6.07 Å². The van der Waals surface area contributed by atoms with Gasteiger partial charge in [-0.15, -0.1) is 0 Å². The fourth-order valence-corrected chi connectivity index (χ4v) is 2.97. The summed E-state index contributed by atoms with van der Waals surface area (Å²) in [4.78, 5) is 0. The summed E-state index contributed by atoms with van der Waals surface area (Å²) in [6.07, 6.45) is 0. The van der Waals surface area contributed by atoms with Gasteiger partial charge in [-0.3, -0.25) is 0 Å². The zero-order chi connectivity index (χ0) is 12.1. The number of furan rings is 1. The van der Waals surface area contributed by atoms with Gasteiger partial charge < -0.3 is 4.42 Å². The van der Waals surface area contributed by atoms with E-state index in [-0.39, 0.29) is 0 Å². The molecule has 18 heavy (non-hydrogen) atoms. The summed E-state index contributed by atoms with van der Waals surface area (Å²) < 4.78 is 7.25. The van der Waals surface area contributed by atoms with Gasteiger partial charge in [0.15, 0.2) is 0 Å². The number of halogens is 1. The van der Waals surface area contributed by atoms with E-state index in [1.165, 1.54) is 25.1 Å². The summed E-state index contributed by atoms with van der Waals surface area (Å²) in [5, 5.41) is 4.80. The molecule has 0 saturated heterocycles. The summed E-state index contributed by atoms with van der Waals surface area (Å²) in [5.74, 6) is 0. The molecule has 86 valence electrons. The average molecular weight is 344 g/mol. The predicted molar refractivity (Wildman–Crippen MR) is 83.9 cm³/mol. The Balaban J connectivity index is 2.30. The Morgan fingerprint density at radius 1 is 0.778 bits per heavy atom. The monoisotopic (exact) mass is 344 g/mol. The van der Waals surface area contributed by atoms with Crippen LogP contribution >= 0.6 is 22.6 Å². The largest absolute Gasteiger partial charge is 0.455 e. The average Bonchev–Trinajstić information content (AvgIpc) is 2.77. The molecule has 0 radical (unpaired) electrons. The van der Waals surface area contributed by atoms with E-state index in [4.69, 9.17) is 4.42 Å². The lowest BCUT2D eigenvalue weighted by Gasteiger charge is -1.97. The second-order valence-electron chi connectivity index (χ2n) is 4.41. The molecule has 1 nitrogen and oxygen atoms in total. The molecule has 0 aliphatic rings. The maximum absolute atomic E-state index is 6.02. The van der Waals surface area contributed by atoms with Crippen LogP contribution in [0.3, 0.4) is 0 Å². The molecule has 0 spiro atoms. The van der Waals surface area contributed by atoms with Crippen LogP contribution in [0, 0.1) is 3.57 Å². The molecular weight excluding hydrogens is 335 g/mol. The highest BCUT2D eigenvalue weighted by atomic mass is 127. The van der Waals surface area contributed by atoms with Crippen LogP contribution in [0.4, 0.5) is 0 Å². The molecule has 2 heteroatoms. The van der Waals surface area contributed by atoms with E-state index in [0.717, 1.165) is 11.2 Å². The van der Waals surface area contributed by atoms with Gasteiger partial charge in [-0.05, 0) is 52.2 Å². The highest BCUT2D eigenvalue weighted by Gasteiger charge is 2.09. The van der Waals surface area contributed by atoms with Gasteiger partial charge in [-0.1, -0.05) is 30.3 Å². The minimum atomic E-state index is 0.960. The van der Waals surface area contributed by atoms with E-state index in [1.54, 1.807) is 0 Å². The first kappa shape index (κ1) is 10.4. The Bertz CT molecular complexity index is 889. The molecule has 4 aromatic rings. The summed E-state index contributed by atoms with van der Waals surface area (Å²) >= 11 is 2.33. The third kappa shape index (κ3) is 1.38. The third-order valence-corrected chi connectivity index (χ3v) is 3.99. The maximum Gasteiger partial charge on any atom is 0.143 e. The minimum absolute atomic E-state index is 0.960. The summed E-state index contributed by atoms with van der Waals surface area (Å²) in [7, 11) is 0. The zero-order valence-corrected chi connectivity index (χ0v) is 11.6. The van der Waals surface area contributed by atoms with Crippen molar-refractivity contribution >= 4 is 55.3 Å². The molecule has 0 bridgehead atoms.